The molecule has 0 unspecified atom stereocenters. The number of hydrogen-bond acceptors (Lipinski definition) is 9. The van der Waals surface area contributed by atoms with Crippen LogP contribution in [0.25, 0.3) is 22.0 Å². The van der Waals surface area contributed by atoms with Crippen molar-refractivity contribution in [2.45, 2.75) is 18.6 Å². The van der Waals surface area contributed by atoms with Crippen molar-refractivity contribution < 1.29 is 9.53 Å². The number of hydrogen-bond donors (Lipinski definition) is 1. The molecule has 31 heavy (non-hydrogen) atoms. The van der Waals surface area contributed by atoms with E-state index in [9.17, 15) is 4.79 Å². The molecule has 1 aromatic carbocycles. The number of aromatic nitrogens is 6. The summed E-state index contributed by atoms with van der Waals surface area (Å²) in [6.45, 7) is 2.70. The third-order valence-electron chi connectivity index (χ3n) is 4.31. The normalized spacial score (nSPS) is 10.8. The van der Waals surface area contributed by atoms with Gasteiger partial charge < -0.3 is 9.30 Å². The van der Waals surface area contributed by atoms with Gasteiger partial charge in [-0.25, -0.2) is 0 Å². The lowest BCUT2D eigenvalue weighted by Crippen LogP contribution is -2.14. The fourth-order valence-corrected chi connectivity index (χ4v) is 4.37. The molecule has 0 bridgehead atoms. The lowest BCUT2D eigenvalue weighted by atomic mass is 10.2. The smallest absolute Gasteiger partial charge is 0.236 e. The number of nitrogens with zero attached hydrogens (tertiary/aromatic N) is 6. The predicted molar refractivity (Wildman–Crippen MR) is 120 cm³/mol. The third kappa shape index (κ3) is 4.89. The standard InChI is InChI=1S/C20H19N7O2S2/c1-3-27-17(13-8-10-21-11-9-13)23-26-20(27)30-12-16(28)22-19-25-24-18(31-19)14-4-6-15(29-2)7-5-14/h4-11H,3,12H2,1-2H3,(H,22,25,28). The van der Waals surface area contributed by atoms with E-state index in [1.165, 1.54) is 23.1 Å². The van der Waals surface area contributed by atoms with Crippen LogP contribution in [-0.4, -0.2) is 48.7 Å². The van der Waals surface area contributed by atoms with E-state index in [1.54, 1.807) is 19.5 Å². The van der Waals surface area contributed by atoms with Gasteiger partial charge in [-0.05, 0) is 43.3 Å². The van der Waals surface area contributed by atoms with E-state index >= 15 is 0 Å². The summed E-state index contributed by atoms with van der Waals surface area (Å²) in [5, 5.41) is 21.4. The Morgan fingerprint density at radius 2 is 1.84 bits per heavy atom. The number of carbonyl (C=O) groups is 1. The van der Waals surface area contributed by atoms with Crippen LogP contribution in [0.15, 0.2) is 53.9 Å². The lowest BCUT2D eigenvalue weighted by Gasteiger charge is -2.07. The molecule has 11 heteroatoms. The second kappa shape index (κ2) is 9.67. The molecule has 0 aliphatic heterocycles. The Morgan fingerprint density at radius 3 is 2.55 bits per heavy atom. The monoisotopic (exact) mass is 453 g/mol. The highest BCUT2D eigenvalue weighted by molar-refractivity contribution is 7.99. The minimum atomic E-state index is -0.182. The van der Waals surface area contributed by atoms with Crippen LogP contribution in [0.4, 0.5) is 5.13 Å². The summed E-state index contributed by atoms with van der Waals surface area (Å²) in [4.78, 5) is 16.4. The largest absolute Gasteiger partial charge is 0.497 e. The summed E-state index contributed by atoms with van der Waals surface area (Å²) in [5.41, 5.74) is 1.84. The van der Waals surface area contributed by atoms with Crippen LogP contribution < -0.4 is 10.1 Å². The van der Waals surface area contributed by atoms with Crippen LogP contribution in [-0.2, 0) is 11.3 Å². The first-order chi connectivity index (χ1) is 15.2. The Morgan fingerprint density at radius 1 is 1.06 bits per heavy atom. The summed E-state index contributed by atoms with van der Waals surface area (Å²) >= 11 is 2.64. The number of benzene rings is 1. The first-order valence-electron chi connectivity index (χ1n) is 9.42. The number of carbonyl (C=O) groups excluding carboxylic acids is 1. The average molecular weight is 454 g/mol. The van der Waals surface area contributed by atoms with Gasteiger partial charge in [-0.3, -0.25) is 15.1 Å². The molecule has 0 spiro atoms. The number of nitrogens with one attached hydrogen (secondary N) is 1. The summed E-state index contributed by atoms with van der Waals surface area (Å²) < 4.78 is 7.14. The van der Waals surface area contributed by atoms with E-state index in [0.29, 0.717) is 16.8 Å². The molecule has 9 nitrogen and oxygen atoms in total. The molecular weight excluding hydrogens is 434 g/mol. The van der Waals surface area contributed by atoms with Gasteiger partial charge in [0.05, 0.1) is 12.9 Å². The van der Waals surface area contributed by atoms with Crippen LogP contribution in [0.5, 0.6) is 5.75 Å². The number of pyridine rings is 1. The highest BCUT2D eigenvalue weighted by atomic mass is 32.2. The highest BCUT2D eigenvalue weighted by Gasteiger charge is 2.15. The summed E-state index contributed by atoms with van der Waals surface area (Å²) in [7, 11) is 1.62. The van der Waals surface area contributed by atoms with Crippen molar-refractivity contribution in [1.29, 1.82) is 0 Å². The Bertz CT molecular complexity index is 1160. The van der Waals surface area contributed by atoms with Crippen LogP contribution in [0.3, 0.4) is 0 Å². The van der Waals surface area contributed by atoms with Crippen LogP contribution in [0.1, 0.15) is 6.92 Å². The molecule has 1 N–H and O–H groups in total. The maximum absolute atomic E-state index is 12.4. The van der Waals surface area contributed by atoms with Crippen LogP contribution in [0.2, 0.25) is 0 Å². The third-order valence-corrected chi connectivity index (χ3v) is 6.17. The molecule has 4 aromatic rings. The molecule has 3 aromatic heterocycles. The molecule has 0 radical (unpaired) electrons. The lowest BCUT2D eigenvalue weighted by molar-refractivity contribution is -0.113. The van der Waals surface area contributed by atoms with Crippen molar-refractivity contribution in [1.82, 2.24) is 29.9 Å². The fourth-order valence-electron chi connectivity index (χ4n) is 2.80. The summed E-state index contributed by atoms with van der Waals surface area (Å²) in [5.74, 6) is 1.52. The molecule has 4 rings (SSSR count). The van der Waals surface area contributed by atoms with Crippen molar-refractivity contribution >= 4 is 34.1 Å². The second-order valence-corrected chi connectivity index (χ2v) is 8.18. The van der Waals surface area contributed by atoms with Crippen molar-refractivity contribution in [3.63, 3.8) is 0 Å². The van der Waals surface area contributed by atoms with Gasteiger partial charge in [-0.1, -0.05) is 23.1 Å². The molecule has 3 heterocycles. The summed E-state index contributed by atoms with van der Waals surface area (Å²) in [6.07, 6.45) is 3.43. The minimum Gasteiger partial charge on any atom is -0.497 e. The molecule has 0 aliphatic carbocycles. The molecule has 0 saturated carbocycles. The molecule has 0 aliphatic rings. The van der Waals surface area contributed by atoms with Gasteiger partial charge in [0, 0.05) is 30.1 Å². The molecule has 0 atom stereocenters. The quantitative estimate of drug-likeness (QED) is 0.403. The Hall–Kier alpha value is -3.31. The van der Waals surface area contributed by atoms with Gasteiger partial charge in [-0.2, -0.15) is 0 Å². The summed E-state index contributed by atoms with van der Waals surface area (Å²) in [6, 6.07) is 11.3. The number of methoxy groups -OCH3 is 1. The Balaban J connectivity index is 1.38. The van der Waals surface area contributed by atoms with Crippen molar-refractivity contribution in [2.24, 2.45) is 0 Å². The first-order valence-corrected chi connectivity index (χ1v) is 11.2. The minimum absolute atomic E-state index is 0.182. The zero-order valence-electron chi connectivity index (χ0n) is 16.8. The van der Waals surface area contributed by atoms with Crippen molar-refractivity contribution in [3.8, 4) is 27.7 Å². The maximum atomic E-state index is 12.4. The van der Waals surface area contributed by atoms with Crippen LogP contribution >= 0.6 is 23.1 Å². The number of anilines is 1. The zero-order valence-corrected chi connectivity index (χ0v) is 18.5. The highest BCUT2D eigenvalue weighted by Crippen LogP contribution is 2.28. The van der Waals surface area contributed by atoms with Crippen molar-refractivity contribution in [2.75, 3.05) is 18.2 Å². The number of amides is 1. The number of ether oxygens (including phenoxy) is 1. The predicted octanol–water partition coefficient (Wildman–Crippen LogP) is 3.62. The molecule has 0 fully saturated rings. The van der Waals surface area contributed by atoms with E-state index < -0.39 is 0 Å². The van der Waals surface area contributed by atoms with Crippen molar-refractivity contribution in [3.05, 3.63) is 48.8 Å². The van der Waals surface area contributed by atoms with Gasteiger partial charge in [0.1, 0.15) is 10.8 Å². The van der Waals surface area contributed by atoms with Gasteiger partial charge in [0.15, 0.2) is 11.0 Å². The SMILES string of the molecule is CCn1c(SCC(=O)Nc2nnc(-c3ccc(OC)cc3)s2)nnc1-c1ccncc1. The molecule has 158 valence electrons. The topological polar surface area (TPSA) is 108 Å². The van der Waals surface area contributed by atoms with Gasteiger partial charge in [-0.15, -0.1) is 20.4 Å². The average Bonchev–Trinajstić information content (AvgIpc) is 3.45. The first kappa shape index (κ1) is 20.9. The zero-order chi connectivity index (χ0) is 21.6. The van der Waals surface area contributed by atoms with E-state index in [1.807, 2.05) is 47.9 Å². The van der Waals surface area contributed by atoms with Gasteiger partial charge in [0.2, 0.25) is 11.0 Å². The number of thioether (sulfide) groups is 1. The second-order valence-electron chi connectivity index (χ2n) is 6.26. The van der Waals surface area contributed by atoms with E-state index in [2.05, 4.69) is 30.7 Å². The molecule has 1 amide bonds. The molecule has 0 saturated heterocycles. The van der Waals surface area contributed by atoms with Gasteiger partial charge in [0.25, 0.3) is 0 Å². The number of rotatable bonds is 8. The molecular formula is C20H19N7O2S2. The Kier molecular flexibility index (Phi) is 6.53. The van der Waals surface area contributed by atoms with E-state index in [-0.39, 0.29) is 11.7 Å². The Labute approximate surface area is 186 Å². The van der Waals surface area contributed by atoms with E-state index in [0.717, 1.165) is 27.7 Å². The van der Waals surface area contributed by atoms with E-state index in [4.69, 9.17) is 4.74 Å². The maximum Gasteiger partial charge on any atom is 0.236 e. The van der Waals surface area contributed by atoms with Gasteiger partial charge >= 0.3 is 0 Å². The fraction of sp³-hybridized carbons (Fsp3) is 0.200. The van der Waals surface area contributed by atoms with Crippen LogP contribution in [0, 0.1) is 0 Å².